The largest absolute Gasteiger partial charge is 0.462 e. The number of carbonyl (C=O) groups excluding carboxylic acids is 4. The smallest absolute Gasteiger partial charge is 0.340 e. The molecule has 224 valence electrons. The Bertz CT molecular complexity index is 981. The number of benzene rings is 1. The number of rotatable bonds is 17. The summed E-state index contributed by atoms with van der Waals surface area (Å²) in [6, 6.07) is 2.74. The van der Waals surface area contributed by atoms with Crippen molar-refractivity contribution in [2.24, 2.45) is 0 Å². The van der Waals surface area contributed by atoms with Crippen LogP contribution in [0.15, 0.2) is 12.1 Å². The lowest BCUT2D eigenvalue weighted by molar-refractivity contribution is -0.0733. The van der Waals surface area contributed by atoms with Crippen LogP contribution in [0.3, 0.4) is 0 Å². The first-order valence-electron chi connectivity index (χ1n) is 15.2. The summed E-state index contributed by atoms with van der Waals surface area (Å²) in [5.41, 5.74) is -0.825. The molecule has 1 aliphatic heterocycles. The summed E-state index contributed by atoms with van der Waals surface area (Å²) in [5, 5.41) is 0. The molecule has 0 aliphatic carbocycles. The van der Waals surface area contributed by atoms with Crippen LogP contribution in [0, 0.1) is 0 Å². The summed E-state index contributed by atoms with van der Waals surface area (Å²) in [6.07, 6.45) is 14.7. The lowest BCUT2D eigenvalue weighted by Crippen LogP contribution is -2.60. The molecule has 2 rings (SSSR count). The van der Waals surface area contributed by atoms with Crippen LogP contribution in [0.4, 0.5) is 0 Å². The Balaban J connectivity index is 2.00. The van der Waals surface area contributed by atoms with E-state index < -0.39 is 18.0 Å². The van der Waals surface area contributed by atoms with Crippen molar-refractivity contribution in [3.8, 4) is 0 Å². The van der Waals surface area contributed by atoms with Gasteiger partial charge in [0.2, 0.25) is 0 Å². The van der Waals surface area contributed by atoms with E-state index in [-0.39, 0.29) is 39.9 Å². The summed E-state index contributed by atoms with van der Waals surface area (Å²) in [5.74, 6) is -1.57. The molecular formula is C33H51NO6. The van der Waals surface area contributed by atoms with Crippen LogP contribution in [0.5, 0.6) is 0 Å². The summed E-state index contributed by atoms with van der Waals surface area (Å²) >= 11 is 0. The van der Waals surface area contributed by atoms with Gasteiger partial charge >= 0.3 is 11.9 Å². The number of carbonyl (C=O) groups is 4. The van der Waals surface area contributed by atoms with Crippen molar-refractivity contribution in [1.82, 2.24) is 4.90 Å². The molecule has 0 spiro atoms. The van der Waals surface area contributed by atoms with Crippen LogP contribution in [-0.4, -0.2) is 60.2 Å². The first-order chi connectivity index (χ1) is 19.0. The minimum atomic E-state index is -0.784. The average Bonchev–Trinajstić information content (AvgIpc) is 2.90. The molecular weight excluding hydrogens is 506 g/mol. The summed E-state index contributed by atoms with van der Waals surface area (Å²) in [7, 11) is 2.06. The molecule has 0 N–H and O–H groups in total. The van der Waals surface area contributed by atoms with Crippen LogP contribution in [-0.2, 0) is 9.47 Å². The molecule has 40 heavy (non-hydrogen) atoms. The number of piperidine rings is 1. The number of likely N-dealkylation sites (tertiary alicyclic amines) is 1. The monoisotopic (exact) mass is 557 g/mol. The fourth-order valence-electron chi connectivity index (χ4n) is 5.85. The van der Waals surface area contributed by atoms with Gasteiger partial charge < -0.3 is 9.47 Å². The molecule has 0 bridgehead atoms. The van der Waals surface area contributed by atoms with Gasteiger partial charge in [0.1, 0.15) is 6.10 Å². The van der Waals surface area contributed by atoms with Crippen molar-refractivity contribution in [3.05, 3.63) is 34.4 Å². The van der Waals surface area contributed by atoms with Crippen molar-refractivity contribution in [2.75, 3.05) is 13.7 Å². The topological polar surface area (TPSA) is 90.0 Å². The zero-order valence-electron chi connectivity index (χ0n) is 25.7. The number of hydrogen-bond acceptors (Lipinski definition) is 7. The van der Waals surface area contributed by atoms with E-state index in [2.05, 4.69) is 46.6 Å². The third-order valence-corrected chi connectivity index (χ3v) is 8.46. The second-order valence-corrected chi connectivity index (χ2v) is 12.5. The van der Waals surface area contributed by atoms with E-state index in [1.54, 1.807) is 0 Å². The zero-order valence-corrected chi connectivity index (χ0v) is 25.7. The van der Waals surface area contributed by atoms with Crippen molar-refractivity contribution in [1.29, 1.82) is 0 Å². The number of ether oxygens (including phenoxy) is 2. The Labute approximate surface area is 241 Å². The number of nitrogens with zero attached hydrogens (tertiary/aromatic N) is 1. The molecule has 1 aromatic rings. The quantitative estimate of drug-likeness (QED) is 0.111. The van der Waals surface area contributed by atoms with Crippen molar-refractivity contribution >= 4 is 24.5 Å². The van der Waals surface area contributed by atoms with Gasteiger partial charge in [-0.3, -0.25) is 14.5 Å². The van der Waals surface area contributed by atoms with Crippen LogP contribution >= 0.6 is 0 Å². The van der Waals surface area contributed by atoms with E-state index in [1.807, 2.05) is 0 Å². The molecule has 7 nitrogen and oxygen atoms in total. The fraction of sp³-hybridized carbons (Fsp3) is 0.697. The molecule has 0 radical (unpaired) electrons. The lowest BCUT2D eigenvalue weighted by Gasteiger charge is -2.53. The third-order valence-electron chi connectivity index (χ3n) is 8.46. The van der Waals surface area contributed by atoms with E-state index in [0.29, 0.717) is 31.8 Å². The van der Waals surface area contributed by atoms with Gasteiger partial charge in [0.15, 0.2) is 12.6 Å². The van der Waals surface area contributed by atoms with Gasteiger partial charge in [-0.05, 0) is 41.2 Å². The van der Waals surface area contributed by atoms with Crippen LogP contribution in [0.2, 0.25) is 0 Å². The van der Waals surface area contributed by atoms with Crippen LogP contribution in [0.1, 0.15) is 160 Å². The molecule has 7 heteroatoms. The van der Waals surface area contributed by atoms with Gasteiger partial charge in [-0.25, -0.2) is 9.59 Å². The Morgan fingerprint density at radius 1 is 0.775 bits per heavy atom. The van der Waals surface area contributed by atoms with E-state index in [4.69, 9.17) is 9.47 Å². The van der Waals surface area contributed by atoms with Gasteiger partial charge in [0.25, 0.3) is 0 Å². The second-order valence-electron chi connectivity index (χ2n) is 12.5. The molecule has 0 amide bonds. The molecule has 0 atom stereocenters. The molecule has 0 aromatic heterocycles. The van der Waals surface area contributed by atoms with E-state index in [9.17, 15) is 19.2 Å². The van der Waals surface area contributed by atoms with Crippen molar-refractivity contribution < 1.29 is 28.7 Å². The molecule has 1 fully saturated rings. The van der Waals surface area contributed by atoms with Gasteiger partial charge in [-0.2, -0.15) is 0 Å². The lowest BCUT2D eigenvalue weighted by atomic mass is 9.78. The highest BCUT2D eigenvalue weighted by molar-refractivity contribution is 6.11. The zero-order chi connectivity index (χ0) is 29.8. The van der Waals surface area contributed by atoms with Gasteiger partial charge in [0.05, 0.1) is 17.7 Å². The highest BCUT2D eigenvalue weighted by Crippen LogP contribution is 2.38. The molecule has 0 unspecified atom stereocenters. The maximum absolute atomic E-state index is 13.4. The SMILES string of the molecule is CCCCCCCCCCCCCOC(=O)c1c(C=O)ccc(C=O)c1C(=O)OC1CC(C)(C)N(C)C(C)(C)C1. The number of aldehydes is 2. The van der Waals surface area contributed by atoms with Gasteiger partial charge in [-0.1, -0.05) is 83.3 Å². The third kappa shape index (κ3) is 9.53. The molecule has 1 saturated heterocycles. The standard InChI is InChI=1S/C33H51NO6/c1-7-8-9-10-11-12-13-14-15-16-17-20-39-30(37)28-25(23-35)18-19-26(24-36)29(28)31(38)40-27-21-32(2,3)34(6)33(4,5)22-27/h18-19,23-24,27H,7-17,20-22H2,1-6H3. The predicted molar refractivity (Wildman–Crippen MR) is 158 cm³/mol. The van der Waals surface area contributed by atoms with Crippen LogP contribution in [0.25, 0.3) is 0 Å². The maximum atomic E-state index is 13.4. The maximum Gasteiger partial charge on any atom is 0.340 e. The Hall–Kier alpha value is -2.54. The average molecular weight is 558 g/mol. The second kappa shape index (κ2) is 16.0. The molecule has 1 heterocycles. The van der Waals surface area contributed by atoms with E-state index in [0.717, 1.165) is 12.8 Å². The van der Waals surface area contributed by atoms with Crippen molar-refractivity contribution in [2.45, 2.75) is 135 Å². The highest BCUT2D eigenvalue weighted by Gasteiger charge is 2.44. The highest BCUT2D eigenvalue weighted by atomic mass is 16.5. The first kappa shape index (κ1) is 33.7. The Morgan fingerprint density at radius 2 is 1.20 bits per heavy atom. The minimum absolute atomic E-state index is 0.00342. The number of unbranched alkanes of at least 4 members (excludes halogenated alkanes) is 10. The molecule has 1 aromatic carbocycles. The minimum Gasteiger partial charge on any atom is -0.462 e. The number of hydrogen-bond donors (Lipinski definition) is 0. The van der Waals surface area contributed by atoms with E-state index in [1.165, 1.54) is 63.5 Å². The molecule has 1 aliphatic rings. The van der Waals surface area contributed by atoms with Gasteiger partial charge in [0, 0.05) is 35.0 Å². The molecule has 0 saturated carbocycles. The van der Waals surface area contributed by atoms with E-state index >= 15 is 0 Å². The van der Waals surface area contributed by atoms with Crippen LogP contribution < -0.4 is 0 Å². The van der Waals surface area contributed by atoms with Gasteiger partial charge in [-0.15, -0.1) is 0 Å². The summed E-state index contributed by atoms with van der Waals surface area (Å²) < 4.78 is 11.4. The summed E-state index contributed by atoms with van der Waals surface area (Å²) in [4.78, 5) is 52.5. The Kier molecular flexibility index (Phi) is 13.5. The fourth-order valence-corrected chi connectivity index (χ4v) is 5.85. The Morgan fingerprint density at radius 3 is 1.65 bits per heavy atom. The van der Waals surface area contributed by atoms with Crippen molar-refractivity contribution in [3.63, 3.8) is 0 Å². The number of esters is 2. The normalized spacial score (nSPS) is 16.9. The first-order valence-corrected chi connectivity index (χ1v) is 15.2. The summed E-state index contributed by atoms with van der Waals surface area (Å²) in [6.45, 7) is 10.8. The predicted octanol–water partition coefficient (Wildman–Crippen LogP) is 7.59.